The molecule has 0 amide bonds. The molecule has 3 N–H and O–H groups in total. The summed E-state index contributed by atoms with van der Waals surface area (Å²) < 4.78 is 19.2. The summed E-state index contributed by atoms with van der Waals surface area (Å²) in [5.74, 6) is 5.47. The van der Waals surface area contributed by atoms with Gasteiger partial charge in [0, 0.05) is 5.02 Å². The molecule has 0 aromatic heterocycles. The van der Waals surface area contributed by atoms with E-state index in [2.05, 4.69) is 5.43 Å². The highest BCUT2D eigenvalue weighted by Gasteiger charge is 2.17. The second-order valence-corrected chi connectivity index (χ2v) is 5.29. The molecule has 2 aromatic rings. The van der Waals surface area contributed by atoms with Crippen LogP contribution < -0.4 is 16.0 Å². The third kappa shape index (κ3) is 3.53. The zero-order chi connectivity index (χ0) is 15.4. The lowest BCUT2D eigenvalue weighted by molar-refractivity contribution is 0.382. The van der Waals surface area contributed by atoms with Crippen LogP contribution in [0.4, 0.5) is 4.39 Å². The topological polar surface area (TPSA) is 47.3 Å². The van der Waals surface area contributed by atoms with Gasteiger partial charge < -0.3 is 4.74 Å². The Morgan fingerprint density at radius 1 is 1.33 bits per heavy atom. The quantitative estimate of drug-likeness (QED) is 0.656. The van der Waals surface area contributed by atoms with Crippen molar-refractivity contribution < 1.29 is 9.13 Å². The van der Waals surface area contributed by atoms with Crippen LogP contribution >= 0.6 is 11.6 Å². The van der Waals surface area contributed by atoms with Gasteiger partial charge in [-0.15, -0.1) is 0 Å². The molecule has 0 heterocycles. The van der Waals surface area contributed by atoms with Crippen molar-refractivity contribution in [1.29, 1.82) is 0 Å². The molecular formula is C16H18ClFN2O. The van der Waals surface area contributed by atoms with E-state index >= 15 is 0 Å². The van der Waals surface area contributed by atoms with Gasteiger partial charge in [0.2, 0.25) is 0 Å². The van der Waals surface area contributed by atoms with Crippen molar-refractivity contribution in [2.75, 3.05) is 7.11 Å². The average molecular weight is 309 g/mol. The fraction of sp³-hybridized carbons (Fsp3) is 0.250. The van der Waals surface area contributed by atoms with Crippen molar-refractivity contribution in [3.05, 3.63) is 63.9 Å². The highest BCUT2D eigenvalue weighted by molar-refractivity contribution is 6.31. The Morgan fingerprint density at radius 2 is 2.10 bits per heavy atom. The van der Waals surface area contributed by atoms with E-state index in [1.54, 1.807) is 18.2 Å². The van der Waals surface area contributed by atoms with Gasteiger partial charge in [-0.05, 0) is 42.2 Å². The van der Waals surface area contributed by atoms with Gasteiger partial charge in [-0.2, -0.15) is 0 Å². The Balaban J connectivity index is 2.31. The number of ether oxygens (including phenoxy) is 1. The number of hydrogen-bond donors (Lipinski definition) is 2. The third-order valence-corrected chi connectivity index (χ3v) is 3.75. The molecule has 2 rings (SSSR count). The van der Waals surface area contributed by atoms with E-state index in [0.717, 1.165) is 11.1 Å². The number of halogens is 2. The summed E-state index contributed by atoms with van der Waals surface area (Å²) in [5.41, 5.74) is 5.12. The number of nitrogens with two attached hydrogens (primary N) is 1. The zero-order valence-electron chi connectivity index (χ0n) is 12.0. The highest BCUT2D eigenvalue weighted by atomic mass is 35.5. The Hall–Kier alpha value is -1.62. The molecule has 0 aliphatic carbocycles. The molecule has 5 heteroatoms. The smallest absolute Gasteiger partial charge is 0.168 e. The van der Waals surface area contributed by atoms with Gasteiger partial charge in [-0.3, -0.25) is 11.3 Å². The van der Waals surface area contributed by atoms with Gasteiger partial charge in [-0.25, -0.2) is 4.39 Å². The highest BCUT2D eigenvalue weighted by Crippen LogP contribution is 2.29. The van der Waals surface area contributed by atoms with E-state index in [4.69, 9.17) is 22.2 Å². The number of aryl methyl sites for hydroxylation is 1. The maximum Gasteiger partial charge on any atom is 0.168 e. The maximum absolute atomic E-state index is 14.2. The van der Waals surface area contributed by atoms with Crippen LogP contribution in [0.3, 0.4) is 0 Å². The molecule has 0 bridgehead atoms. The van der Waals surface area contributed by atoms with Gasteiger partial charge in [0.05, 0.1) is 13.2 Å². The predicted octanol–water partition coefficient (Wildman–Crippen LogP) is 3.54. The van der Waals surface area contributed by atoms with E-state index in [0.29, 0.717) is 17.0 Å². The molecule has 21 heavy (non-hydrogen) atoms. The molecule has 3 nitrogen and oxygen atoms in total. The third-order valence-electron chi connectivity index (χ3n) is 3.42. The van der Waals surface area contributed by atoms with Crippen LogP contribution in [0.2, 0.25) is 5.02 Å². The lowest BCUT2D eigenvalue weighted by Crippen LogP contribution is -2.30. The van der Waals surface area contributed by atoms with Crippen LogP contribution in [-0.2, 0) is 6.42 Å². The number of rotatable bonds is 5. The minimum absolute atomic E-state index is 0.221. The van der Waals surface area contributed by atoms with E-state index in [1.165, 1.54) is 7.11 Å². The first-order valence-electron chi connectivity index (χ1n) is 6.60. The normalized spacial score (nSPS) is 12.2. The van der Waals surface area contributed by atoms with Crippen molar-refractivity contribution in [3.8, 4) is 5.75 Å². The Kier molecular flexibility index (Phi) is 5.17. The van der Waals surface area contributed by atoms with Crippen LogP contribution in [0.1, 0.15) is 22.7 Å². The Morgan fingerprint density at radius 3 is 2.71 bits per heavy atom. The van der Waals surface area contributed by atoms with Crippen molar-refractivity contribution >= 4 is 11.6 Å². The summed E-state index contributed by atoms with van der Waals surface area (Å²) in [6.07, 6.45) is 0.377. The summed E-state index contributed by atoms with van der Waals surface area (Å²) >= 11 is 6.25. The standard InChI is InChI=1S/C16H18ClFN2O/c1-10-6-7-12(13(17)8-10)14(20-19)9-11-4-3-5-15(21-2)16(11)18/h3-8,14,20H,9,19H2,1-2H3. The largest absolute Gasteiger partial charge is 0.494 e. The second kappa shape index (κ2) is 6.89. The van der Waals surface area contributed by atoms with Gasteiger partial charge in [0.15, 0.2) is 11.6 Å². The molecule has 1 unspecified atom stereocenters. The van der Waals surface area contributed by atoms with Crippen molar-refractivity contribution in [2.45, 2.75) is 19.4 Å². The van der Waals surface area contributed by atoms with Gasteiger partial charge in [0.25, 0.3) is 0 Å². The first kappa shape index (κ1) is 15.8. The number of methoxy groups -OCH3 is 1. The molecule has 1 atom stereocenters. The van der Waals surface area contributed by atoms with Crippen LogP contribution in [0.5, 0.6) is 5.75 Å². The molecule has 112 valence electrons. The van der Waals surface area contributed by atoms with E-state index < -0.39 is 0 Å². The van der Waals surface area contributed by atoms with Gasteiger partial charge in [-0.1, -0.05) is 35.9 Å². The van der Waals surface area contributed by atoms with Crippen molar-refractivity contribution in [1.82, 2.24) is 5.43 Å². The van der Waals surface area contributed by atoms with Crippen LogP contribution in [-0.4, -0.2) is 7.11 Å². The fourth-order valence-corrected chi connectivity index (χ4v) is 2.63. The lowest BCUT2D eigenvalue weighted by atomic mass is 9.98. The number of hydrogen-bond acceptors (Lipinski definition) is 3. The first-order chi connectivity index (χ1) is 10.1. The van der Waals surface area contributed by atoms with Crippen molar-refractivity contribution in [2.24, 2.45) is 5.84 Å². The molecule has 0 aliphatic heterocycles. The number of hydrazine groups is 1. The number of benzene rings is 2. The van der Waals surface area contributed by atoms with E-state index in [9.17, 15) is 4.39 Å². The minimum atomic E-state index is -0.372. The lowest BCUT2D eigenvalue weighted by Gasteiger charge is -2.19. The SMILES string of the molecule is COc1cccc(CC(NN)c2ccc(C)cc2Cl)c1F. The zero-order valence-corrected chi connectivity index (χ0v) is 12.7. The van der Waals surface area contributed by atoms with Crippen molar-refractivity contribution in [3.63, 3.8) is 0 Å². The maximum atomic E-state index is 14.2. The molecular weight excluding hydrogens is 291 g/mol. The van der Waals surface area contributed by atoms with Crippen LogP contribution in [0, 0.1) is 12.7 Å². The average Bonchev–Trinajstić information content (AvgIpc) is 2.47. The second-order valence-electron chi connectivity index (χ2n) is 4.88. The fourth-order valence-electron chi connectivity index (χ4n) is 2.26. The van der Waals surface area contributed by atoms with E-state index in [-0.39, 0.29) is 17.6 Å². The minimum Gasteiger partial charge on any atom is -0.494 e. The molecule has 0 fully saturated rings. The molecule has 0 radical (unpaired) electrons. The van der Waals surface area contributed by atoms with Crippen LogP contribution in [0.25, 0.3) is 0 Å². The molecule has 0 spiro atoms. The Bertz CT molecular complexity index is 634. The molecule has 0 aliphatic rings. The number of nitrogens with one attached hydrogen (secondary N) is 1. The summed E-state index contributed by atoms with van der Waals surface area (Å²) in [7, 11) is 1.44. The van der Waals surface area contributed by atoms with Gasteiger partial charge >= 0.3 is 0 Å². The Labute approximate surface area is 128 Å². The monoisotopic (exact) mass is 308 g/mol. The predicted molar refractivity (Wildman–Crippen MR) is 82.9 cm³/mol. The summed E-state index contributed by atoms with van der Waals surface area (Å²) in [6.45, 7) is 1.96. The van der Waals surface area contributed by atoms with Crippen LogP contribution in [0.15, 0.2) is 36.4 Å². The van der Waals surface area contributed by atoms with Gasteiger partial charge in [0.1, 0.15) is 0 Å². The first-order valence-corrected chi connectivity index (χ1v) is 6.98. The summed E-state index contributed by atoms with van der Waals surface area (Å²) in [4.78, 5) is 0. The molecule has 2 aromatic carbocycles. The molecule has 0 saturated carbocycles. The molecule has 0 saturated heterocycles. The summed E-state index contributed by atoms with van der Waals surface area (Å²) in [6, 6.07) is 10.5. The van der Waals surface area contributed by atoms with E-state index in [1.807, 2.05) is 25.1 Å². The summed E-state index contributed by atoms with van der Waals surface area (Å²) in [5, 5.41) is 0.612.